The highest BCUT2D eigenvalue weighted by molar-refractivity contribution is 5.85. The Bertz CT molecular complexity index is 659. The number of aromatic nitrogens is 2. The minimum atomic E-state index is -0.563. The van der Waals surface area contributed by atoms with E-state index in [1.165, 1.54) is 0 Å². The van der Waals surface area contributed by atoms with Crippen molar-refractivity contribution >= 4 is 11.8 Å². The fourth-order valence-corrected chi connectivity index (χ4v) is 2.15. The van der Waals surface area contributed by atoms with E-state index in [1.807, 2.05) is 58.0 Å². The van der Waals surface area contributed by atoms with Gasteiger partial charge in [0.05, 0.1) is 29.4 Å². The van der Waals surface area contributed by atoms with E-state index in [4.69, 9.17) is 9.47 Å². The van der Waals surface area contributed by atoms with E-state index in [2.05, 4.69) is 10.4 Å². The van der Waals surface area contributed by atoms with Gasteiger partial charge >= 0.3 is 6.09 Å². The Balaban J connectivity index is 2.34. The highest BCUT2D eigenvalue weighted by Crippen LogP contribution is 2.28. The van der Waals surface area contributed by atoms with Crippen LogP contribution in [-0.4, -0.2) is 28.6 Å². The summed E-state index contributed by atoms with van der Waals surface area (Å²) in [7, 11) is 1.62. The molecule has 0 aliphatic rings. The van der Waals surface area contributed by atoms with E-state index in [-0.39, 0.29) is 6.10 Å². The summed E-state index contributed by atoms with van der Waals surface area (Å²) in [6, 6.07) is 9.68. The third-order valence-electron chi connectivity index (χ3n) is 3.18. The number of methoxy groups -OCH3 is 1. The molecule has 1 N–H and O–H groups in total. The molecule has 23 heavy (non-hydrogen) atoms. The van der Waals surface area contributed by atoms with Crippen LogP contribution in [0.1, 0.15) is 39.5 Å². The summed E-state index contributed by atoms with van der Waals surface area (Å²) in [6.07, 6.45) is 0.833. The van der Waals surface area contributed by atoms with Gasteiger partial charge in [0.25, 0.3) is 0 Å². The molecular formula is C17H23N3O3. The van der Waals surface area contributed by atoms with Gasteiger partial charge in [-0.25, -0.2) is 9.48 Å². The molecular weight excluding hydrogens is 294 g/mol. The average Bonchev–Trinajstić information content (AvgIpc) is 2.88. The number of nitrogens with one attached hydrogen (secondary N) is 1. The smallest absolute Gasteiger partial charge is 0.412 e. The molecule has 6 heteroatoms. The molecule has 1 unspecified atom stereocenters. The number of benzene rings is 1. The van der Waals surface area contributed by atoms with Crippen molar-refractivity contribution in [3.8, 4) is 5.69 Å². The zero-order chi connectivity index (χ0) is 17.0. The number of amides is 1. The van der Waals surface area contributed by atoms with Crippen LogP contribution in [0.4, 0.5) is 10.5 Å². The zero-order valence-corrected chi connectivity index (χ0v) is 14.2. The predicted octanol–water partition coefficient (Wildman–Crippen LogP) is 3.93. The molecule has 0 saturated heterocycles. The lowest BCUT2D eigenvalue weighted by molar-refractivity contribution is 0.0635. The van der Waals surface area contributed by atoms with Crippen LogP contribution in [0.2, 0.25) is 0 Å². The first-order valence-electron chi connectivity index (χ1n) is 7.48. The molecule has 0 spiro atoms. The number of rotatable bonds is 4. The number of carbonyl (C=O) groups is 1. The number of anilines is 1. The van der Waals surface area contributed by atoms with E-state index in [0.717, 1.165) is 11.4 Å². The molecule has 124 valence electrons. The van der Waals surface area contributed by atoms with E-state index < -0.39 is 11.7 Å². The molecule has 0 radical (unpaired) electrons. The molecule has 2 rings (SSSR count). The molecule has 1 aromatic carbocycles. The lowest BCUT2D eigenvalue weighted by Crippen LogP contribution is -2.27. The van der Waals surface area contributed by atoms with Gasteiger partial charge in [-0.1, -0.05) is 18.2 Å². The number of hydrogen-bond acceptors (Lipinski definition) is 4. The second-order valence-corrected chi connectivity index (χ2v) is 6.20. The van der Waals surface area contributed by atoms with Gasteiger partial charge in [-0.15, -0.1) is 0 Å². The van der Waals surface area contributed by atoms with Crippen LogP contribution in [0.15, 0.2) is 36.5 Å². The summed E-state index contributed by atoms with van der Waals surface area (Å²) in [5.74, 6) is 0. The fourth-order valence-electron chi connectivity index (χ4n) is 2.15. The molecule has 0 aliphatic carbocycles. The fraction of sp³-hybridized carbons (Fsp3) is 0.412. The van der Waals surface area contributed by atoms with Gasteiger partial charge in [0.15, 0.2) is 0 Å². The maximum Gasteiger partial charge on any atom is 0.412 e. The number of hydrogen-bond donors (Lipinski definition) is 1. The van der Waals surface area contributed by atoms with Gasteiger partial charge in [-0.05, 0) is 39.8 Å². The summed E-state index contributed by atoms with van der Waals surface area (Å²) in [4.78, 5) is 12.0. The van der Waals surface area contributed by atoms with E-state index in [1.54, 1.807) is 18.0 Å². The van der Waals surface area contributed by atoms with Crippen LogP contribution in [0, 0.1) is 0 Å². The van der Waals surface area contributed by atoms with Crippen molar-refractivity contribution in [2.75, 3.05) is 12.4 Å². The van der Waals surface area contributed by atoms with Crippen LogP contribution in [0.3, 0.4) is 0 Å². The predicted molar refractivity (Wildman–Crippen MR) is 88.8 cm³/mol. The minimum absolute atomic E-state index is 0.248. The first-order valence-corrected chi connectivity index (χ1v) is 7.48. The quantitative estimate of drug-likeness (QED) is 0.928. The van der Waals surface area contributed by atoms with Crippen molar-refractivity contribution < 1.29 is 14.3 Å². The number of para-hydroxylation sites is 1. The third kappa shape index (κ3) is 4.32. The SMILES string of the molecule is COC(C)c1c(NC(=O)OC(C)(C)C)cnn1-c1ccccc1. The largest absolute Gasteiger partial charge is 0.444 e. The maximum absolute atomic E-state index is 12.0. The molecule has 0 aliphatic heterocycles. The van der Waals surface area contributed by atoms with Crippen molar-refractivity contribution in [1.29, 1.82) is 0 Å². The Morgan fingerprint density at radius 2 is 1.91 bits per heavy atom. The number of ether oxygens (including phenoxy) is 2. The van der Waals surface area contributed by atoms with Crippen molar-refractivity contribution in [1.82, 2.24) is 9.78 Å². The molecule has 1 aromatic heterocycles. The van der Waals surface area contributed by atoms with Crippen LogP contribution >= 0.6 is 0 Å². The average molecular weight is 317 g/mol. The van der Waals surface area contributed by atoms with Gasteiger partial charge in [0.1, 0.15) is 5.60 Å². The normalized spacial score (nSPS) is 12.7. The van der Waals surface area contributed by atoms with Gasteiger partial charge in [-0.2, -0.15) is 5.10 Å². The molecule has 1 amide bonds. The summed E-state index contributed by atoms with van der Waals surface area (Å²) >= 11 is 0. The van der Waals surface area contributed by atoms with Gasteiger partial charge in [-0.3, -0.25) is 5.32 Å². The highest BCUT2D eigenvalue weighted by Gasteiger charge is 2.22. The van der Waals surface area contributed by atoms with Crippen molar-refractivity contribution in [2.45, 2.75) is 39.4 Å². The minimum Gasteiger partial charge on any atom is -0.444 e. The second-order valence-electron chi connectivity index (χ2n) is 6.20. The molecule has 0 bridgehead atoms. The summed E-state index contributed by atoms with van der Waals surface area (Å²) < 4.78 is 12.5. The molecule has 1 heterocycles. The Labute approximate surface area is 136 Å². The number of nitrogens with zero attached hydrogens (tertiary/aromatic N) is 2. The summed E-state index contributed by atoms with van der Waals surface area (Å²) in [5, 5.41) is 7.12. The Morgan fingerprint density at radius 3 is 2.48 bits per heavy atom. The first kappa shape index (κ1) is 17.0. The van der Waals surface area contributed by atoms with Crippen LogP contribution in [0.25, 0.3) is 5.69 Å². The van der Waals surface area contributed by atoms with E-state index >= 15 is 0 Å². The van der Waals surface area contributed by atoms with Crippen LogP contribution in [-0.2, 0) is 9.47 Å². The monoisotopic (exact) mass is 317 g/mol. The highest BCUT2D eigenvalue weighted by atomic mass is 16.6. The third-order valence-corrected chi connectivity index (χ3v) is 3.18. The Hall–Kier alpha value is -2.34. The Morgan fingerprint density at radius 1 is 1.26 bits per heavy atom. The second kappa shape index (κ2) is 6.83. The lowest BCUT2D eigenvalue weighted by Gasteiger charge is -2.20. The van der Waals surface area contributed by atoms with Gasteiger partial charge in [0, 0.05) is 7.11 Å². The molecule has 0 saturated carbocycles. The van der Waals surface area contributed by atoms with E-state index in [9.17, 15) is 4.79 Å². The zero-order valence-electron chi connectivity index (χ0n) is 14.2. The van der Waals surface area contributed by atoms with Crippen molar-refractivity contribution in [3.05, 3.63) is 42.2 Å². The Kier molecular flexibility index (Phi) is 5.05. The molecule has 6 nitrogen and oxygen atoms in total. The van der Waals surface area contributed by atoms with Gasteiger partial charge < -0.3 is 9.47 Å². The maximum atomic E-state index is 12.0. The van der Waals surface area contributed by atoms with Crippen molar-refractivity contribution in [3.63, 3.8) is 0 Å². The lowest BCUT2D eigenvalue weighted by atomic mass is 10.2. The molecule has 1 atom stereocenters. The van der Waals surface area contributed by atoms with E-state index in [0.29, 0.717) is 5.69 Å². The topological polar surface area (TPSA) is 65.4 Å². The number of carbonyl (C=O) groups excluding carboxylic acids is 1. The van der Waals surface area contributed by atoms with Crippen molar-refractivity contribution in [2.24, 2.45) is 0 Å². The van der Waals surface area contributed by atoms with Crippen LogP contribution < -0.4 is 5.32 Å². The van der Waals surface area contributed by atoms with Gasteiger partial charge in [0.2, 0.25) is 0 Å². The summed E-state index contributed by atoms with van der Waals surface area (Å²) in [5.41, 5.74) is 1.65. The first-order chi connectivity index (χ1) is 10.8. The molecule has 2 aromatic rings. The standard InChI is InChI=1S/C17H23N3O3/c1-12(22-5)15-14(19-16(21)23-17(2,3)4)11-18-20(15)13-9-7-6-8-10-13/h6-12H,1-5H3,(H,19,21). The van der Waals surface area contributed by atoms with Crippen LogP contribution in [0.5, 0.6) is 0 Å². The molecule has 0 fully saturated rings. The summed E-state index contributed by atoms with van der Waals surface area (Å²) in [6.45, 7) is 7.35.